The Morgan fingerprint density at radius 2 is 2.07 bits per heavy atom. The molecule has 0 saturated heterocycles. The maximum atomic E-state index is 11.0. The molecule has 2 rings (SSSR count). The third kappa shape index (κ3) is 2.27. The number of carbonyl (C=O) groups excluding carboxylic acids is 1. The highest BCUT2D eigenvalue weighted by Gasteiger charge is 2.00. The lowest BCUT2D eigenvalue weighted by molar-refractivity contribution is -0.109. The molecule has 0 aliphatic rings. The van der Waals surface area contributed by atoms with Crippen molar-refractivity contribution >= 4 is 27.8 Å². The van der Waals surface area contributed by atoms with Crippen LogP contribution in [0.25, 0.3) is 10.9 Å². The standard InChI is InChI=1S/C11H9NO2S/c1-7(13)15-9-3-4-10-8(6-9)2-5-11(14)12-10/h2-6H,1H3,(H,12,14). The summed E-state index contributed by atoms with van der Waals surface area (Å²) in [6.45, 7) is 1.53. The van der Waals surface area contributed by atoms with Crippen LogP contribution in [0, 0.1) is 0 Å². The van der Waals surface area contributed by atoms with Gasteiger partial charge in [0.2, 0.25) is 5.56 Å². The molecule has 0 spiro atoms. The lowest BCUT2D eigenvalue weighted by Gasteiger charge is -2.00. The van der Waals surface area contributed by atoms with Gasteiger partial charge in [-0.1, -0.05) is 11.8 Å². The molecule has 0 saturated carbocycles. The fourth-order valence-corrected chi connectivity index (χ4v) is 2.02. The van der Waals surface area contributed by atoms with Crippen LogP contribution in [0.15, 0.2) is 40.0 Å². The number of pyridine rings is 1. The van der Waals surface area contributed by atoms with E-state index in [2.05, 4.69) is 4.98 Å². The van der Waals surface area contributed by atoms with Crippen molar-refractivity contribution in [1.82, 2.24) is 4.98 Å². The Morgan fingerprint density at radius 3 is 2.80 bits per heavy atom. The predicted octanol–water partition coefficient (Wildman–Crippen LogP) is 2.17. The molecule has 0 bridgehead atoms. The van der Waals surface area contributed by atoms with Crippen LogP contribution in [0.2, 0.25) is 0 Å². The topological polar surface area (TPSA) is 49.9 Å². The first-order chi connectivity index (χ1) is 7.15. The van der Waals surface area contributed by atoms with Crippen LogP contribution in [0.4, 0.5) is 0 Å². The molecule has 76 valence electrons. The highest BCUT2D eigenvalue weighted by Crippen LogP contribution is 2.22. The van der Waals surface area contributed by atoms with E-state index in [9.17, 15) is 9.59 Å². The van der Waals surface area contributed by atoms with E-state index in [1.807, 2.05) is 18.2 Å². The Balaban J connectivity index is 2.52. The second-order valence-electron chi connectivity index (χ2n) is 3.17. The number of hydrogen-bond donors (Lipinski definition) is 1. The van der Waals surface area contributed by atoms with Gasteiger partial charge in [0.05, 0.1) is 0 Å². The van der Waals surface area contributed by atoms with E-state index in [-0.39, 0.29) is 10.7 Å². The molecule has 1 N–H and O–H groups in total. The number of carbonyl (C=O) groups is 1. The van der Waals surface area contributed by atoms with E-state index in [1.165, 1.54) is 24.8 Å². The van der Waals surface area contributed by atoms with E-state index in [0.717, 1.165) is 15.8 Å². The Hall–Kier alpha value is -1.55. The SMILES string of the molecule is CC(=O)Sc1ccc2[nH]c(=O)ccc2c1. The lowest BCUT2D eigenvalue weighted by atomic mass is 10.2. The summed E-state index contributed by atoms with van der Waals surface area (Å²) in [7, 11) is 0. The molecule has 0 atom stereocenters. The molecule has 0 amide bonds. The molecule has 0 radical (unpaired) electrons. The second-order valence-corrected chi connectivity index (χ2v) is 4.42. The Kier molecular flexibility index (Phi) is 2.60. The van der Waals surface area contributed by atoms with Gasteiger partial charge < -0.3 is 4.98 Å². The number of nitrogens with one attached hydrogen (secondary N) is 1. The molecule has 1 aromatic heterocycles. The quantitative estimate of drug-likeness (QED) is 0.748. The fraction of sp³-hybridized carbons (Fsp3) is 0.0909. The third-order valence-electron chi connectivity index (χ3n) is 1.96. The zero-order valence-corrected chi connectivity index (χ0v) is 8.93. The predicted molar refractivity (Wildman–Crippen MR) is 61.1 cm³/mol. The van der Waals surface area contributed by atoms with Crippen molar-refractivity contribution in [2.24, 2.45) is 0 Å². The minimum absolute atomic E-state index is 0.0544. The molecule has 0 fully saturated rings. The average molecular weight is 219 g/mol. The number of H-pyrrole nitrogens is 1. The van der Waals surface area contributed by atoms with E-state index in [1.54, 1.807) is 6.07 Å². The van der Waals surface area contributed by atoms with Crippen molar-refractivity contribution in [3.8, 4) is 0 Å². The number of benzene rings is 1. The molecule has 4 heteroatoms. The van der Waals surface area contributed by atoms with E-state index < -0.39 is 0 Å². The van der Waals surface area contributed by atoms with Crippen molar-refractivity contribution in [3.63, 3.8) is 0 Å². The van der Waals surface area contributed by atoms with Crippen molar-refractivity contribution < 1.29 is 4.79 Å². The van der Waals surface area contributed by atoms with E-state index >= 15 is 0 Å². The van der Waals surface area contributed by atoms with Crippen LogP contribution in [-0.4, -0.2) is 10.1 Å². The van der Waals surface area contributed by atoms with Gasteiger partial charge in [0.25, 0.3) is 0 Å². The van der Waals surface area contributed by atoms with Crippen LogP contribution < -0.4 is 5.56 Å². The van der Waals surface area contributed by atoms with Crippen molar-refractivity contribution in [2.45, 2.75) is 11.8 Å². The van der Waals surface area contributed by atoms with Crippen molar-refractivity contribution in [2.75, 3.05) is 0 Å². The van der Waals surface area contributed by atoms with E-state index in [4.69, 9.17) is 0 Å². The summed E-state index contributed by atoms with van der Waals surface area (Å²) < 4.78 is 0. The second kappa shape index (κ2) is 3.90. The molecule has 1 aromatic carbocycles. The minimum Gasteiger partial charge on any atom is -0.322 e. The van der Waals surface area contributed by atoms with Crippen LogP contribution >= 0.6 is 11.8 Å². The number of hydrogen-bond acceptors (Lipinski definition) is 3. The Labute approximate surface area is 90.5 Å². The number of fused-ring (bicyclic) bond motifs is 1. The summed E-state index contributed by atoms with van der Waals surface area (Å²) in [4.78, 5) is 25.6. The first-order valence-electron chi connectivity index (χ1n) is 4.47. The van der Waals surface area contributed by atoms with Crippen LogP contribution in [0.1, 0.15) is 6.92 Å². The summed E-state index contributed by atoms with van der Waals surface area (Å²) in [6, 6.07) is 8.74. The van der Waals surface area contributed by atoms with Crippen LogP contribution in [0.3, 0.4) is 0 Å². The normalized spacial score (nSPS) is 10.5. The van der Waals surface area contributed by atoms with Gasteiger partial charge in [0, 0.05) is 23.4 Å². The zero-order chi connectivity index (χ0) is 10.8. The molecule has 0 unspecified atom stereocenters. The Bertz CT molecular complexity index is 574. The van der Waals surface area contributed by atoms with Crippen LogP contribution in [-0.2, 0) is 4.79 Å². The highest BCUT2D eigenvalue weighted by atomic mass is 32.2. The lowest BCUT2D eigenvalue weighted by Crippen LogP contribution is -2.01. The van der Waals surface area contributed by atoms with Gasteiger partial charge in [-0.3, -0.25) is 9.59 Å². The van der Waals surface area contributed by atoms with Crippen molar-refractivity contribution in [3.05, 3.63) is 40.7 Å². The summed E-state index contributed by atoms with van der Waals surface area (Å²) in [5.41, 5.74) is 0.671. The first-order valence-corrected chi connectivity index (χ1v) is 5.28. The van der Waals surface area contributed by atoms with Gasteiger partial charge in [0.15, 0.2) is 5.12 Å². The maximum absolute atomic E-state index is 11.0. The summed E-state index contributed by atoms with van der Waals surface area (Å²) in [5.74, 6) is 0. The molecule has 0 aliphatic carbocycles. The fourth-order valence-electron chi connectivity index (χ4n) is 1.36. The summed E-state index contributed by atoms with van der Waals surface area (Å²) in [6.07, 6.45) is 0. The summed E-state index contributed by atoms with van der Waals surface area (Å²) >= 11 is 1.19. The molecule has 1 heterocycles. The number of thioether (sulfide) groups is 1. The Morgan fingerprint density at radius 1 is 1.27 bits per heavy atom. The van der Waals surface area contributed by atoms with Gasteiger partial charge in [-0.05, 0) is 29.7 Å². The van der Waals surface area contributed by atoms with Gasteiger partial charge in [0.1, 0.15) is 0 Å². The number of aromatic amines is 1. The number of rotatable bonds is 1. The summed E-state index contributed by atoms with van der Waals surface area (Å²) in [5, 5.41) is 0.986. The minimum atomic E-state index is -0.116. The van der Waals surface area contributed by atoms with Gasteiger partial charge in [-0.25, -0.2) is 0 Å². The van der Waals surface area contributed by atoms with Crippen molar-refractivity contribution in [1.29, 1.82) is 0 Å². The van der Waals surface area contributed by atoms with Gasteiger partial charge >= 0.3 is 0 Å². The monoisotopic (exact) mass is 219 g/mol. The van der Waals surface area contributed by atoms with E-state index in [0.29, 0.717) is 0 Å². The molecule has 3 nitrogen and oxygen atoms in total. The highest BCUT2D eigenvalue weighted by molar-refractivity contribution is 8.13. The molecule has 2 aromatic rings. The number of aromatic nitrogens is 1. The molecule has 0 aliphatic heterocycles. The smallest absolute Gasteiger partial charge is 0.248 e. The largest absolute Gasteiger partial charge is 0.322 e. The zero-order valence-electron chi connectivity index (χ0n) is 8.11. The molecule has 15 heavy (non-hydrogen) atoms. The first kappa shape index (κ1) is 9.98. The maximum Gasteiger partial charge on any atom is 0.248 e. The van der Waals surface area contributed by atoms with Gasteiger partial charge in [-0.2, -0.15) is 0 Å². The average Bonchev–Trinajstić information content (AvgIpc) is 2.17. The third-order valence-corrected chi connectivity index (χ3v) is 2.73. The molecular weight excluding hydrogens is 210 g/mol. The molecular formula is C11H9NO2S. The van der Waals surface area contributed by atoms with Gasteiger partial charge in [-0.15, -0.1) is 0 Å². The van der Waals surface area contributed by atoms with Crippen LogP contribution in [0.5, 0.6) is 0 Å².